The van der Waals surface area contributed by atoms with E-state index in [0.29, 0.717) is 24.7 Å². The summed E-state index contributed by atoms with van der Waals surface area (Å²) < 4.78 is 37.8. The van der Waals surface area contributed by atoms with Crippen molar-refractivity contribution in [2.45, 2.75) is 32.6 Å². The third-order valence-electron chi connectivity index (χ3n) is 3.20. The number of sulfonamides is 1. The topological polar surface area (TPSA) is 94.6 Å². The number of thiazole rings is 1. The molecule has 1 aromatic heterocycles. The first-order valence-electron chi connectivity index (χ1n) is 8.13. The number of carbonyl (C=O) groups excluding carboxylic acids is 1. The minimum Gasteiger partial charge on any atom is -0.494 e. The van der Waals surface area contributed by atoms with Gasteiger partial charge in [-0.25, -0.2) is 18.2 Å². The van der Waals surface area contributed by atoms with E-state index in [1.165, 1.54) is 12.1 Å². The molecule has 0 amide bonds. The van der Waals surface area contributed by atoms with Gasteiger partial charge in [0.15, 0.2) is 5.13 Å². The summed E-state index contributed by atoms with van der Waals surface area (Å²) in [6.45, 7) is 8.14. The Morgan fingerprint density at radius 2 is 1.92 bits per heavy atom. The number of anilines is 1. The van der Waals surface area contributed by atoms with Crippen LogP contribution in [0.15, 0.2) is 29.2 Å². The molecule has 142 valence electrons. The van der Waals surface area contributed by atoms with Crippen molar-refractivity contribution in [2.75, 3.05) is 17.9 Å². The lowest BCUT2D eigenvalue weighted by Gasteiger charge is -2.07. The van der Waals surface area contributed by atoms with Crippen molar-refractivity contribution in [3.8, 4) is 5.75 Å². The standard InChI is InChI=1S/C17H22N2O5S2/c1-5-23-13-6-8-14(9-7-13)26(21,22)19-17-18-12(4)15(25-17)16(20)24-10-11(2)3/h6-9,11H,5,10H2,1-4H3,(H,18,19). The van der Waals surface area contributed by atoms with Gasteiger partial charge < -0.3 is 9.47 Å². The summed E-state index contributed by atoms with van der Waals surface area (Å²) in [5.74, 6) is 0.303. The number of nitrogens with one attached hydrogen (secondary N) is 1. The molecule has 0 saturated carbocycles. The van der Waals surface area contributed by atoms with E-state index in [1.54, 1.807) is 19.1 Å². The Hall–Kier alpha value is -2.13. The van der Waals surface area contributed by atoms with Crippen LogP contribution in [0, 0.1) is 12.8 Å². The van der Waals surface area contributed by atoms with Crippen molar-refractivity contribution in [2.24, 2.45) is 5.92 Å². The molecule has 0 atom stereocenters. The van der Waals surface area contributed by atoms with Crippen molar-refractivity contribution < 1.29 is 22.7 Å². The van der Waals surface area contributed by atoms with E-state index in [-0.39, 0.29) is 20.8 Å². The first-order valence-corrected chi connectivity index (χ1v) is 10.4. The van der Waals surface area contributed by atoms with Crippen LogP contribution in [0.2, 0.25) is 0 Å². The molecule has 0 bridgehead atoms. The molecule has 1 N–H and O–H groups in total. The SMILES string of the molecule is CCOc1ccc(S(=O)(=O)Nc2nc(C)c(C(=O)OCC(C)C)s2)cc1. The van der Waals surface area contributed by atoms with Gasteiger partial charge >= 0.3 is 5.97 Å². The molecule has 0 fully saturated rings. The molecule has 0 saturated heterocycles. The highest BCUT2D eigenvalue weighted by Crippen LogP contribution is 2.26. The van der Waals surface area contributed by atoms with Gasteiger partial charge in [-0.1, -0.05) is 25.2 Å². The second kappa shape index (κ2) is 8.50. The third kappa shape index (κ3) is 5.18. The summed E-state index contributed by atoms with van der Waals surface area (Å²) in [5, 5.41) is 0.118. The number of aromatic nitrogens is 1. The molecule has 1 aromatic carbocycles. The van der Waals surface area contributed by atoms with Crippen LogP contribution in [-0.2, 0) is 14.8 Å². The van der Waals surface area contributed by atoms with Gasteiger partial charge in [-0.3, -0.25) is 4.72 Å². The summed E-state index contributed by atoms with van der Waals surface area (Å²) in [4.78, 5) is 16.6. The zero-order valence-electron chi connectivity index (χ0n) is 15.1. The average Bonchev–Trinajstić information content (AvgIpc) is 2.93. The average molecular weight is 399 g/mol. The van der Waals surface area contributed by atoms with E-state index >= 15 is 0 Å². The van der Waals surface area contributed by atoms with Gasteiger partial charge in [0, 0.05) is 0 Å². The molecule has 0 aliphatic heterocycles. The lowest BCUT2D eigenvalue weighted by atomic mass is 10.2. The van der Waals surface area contributed by atoms with Crippen LogP contribution >= 0.6 is 11.3 Å². The number of hydrogen-bond donors (Lipinski definition) is 1. The van der Waals surface area contributed by atoms with Crippen LogP contribution in [0.5, 0.6) is 5.75 Å². The second-order valence-corrected chi connectivity index (χ2v) is 8.62. The second-order valence-electron chi connectivity index (χ2n) is 5.94. The lowest BCUT2D eigenvalue weighted by Crippen LogP contribution is -2.12. The first kappa shape index (κ1) is 20.2. The van der Waals surface area contributed by atoms with Crippen LogP contribution in [0.25, 0.3) is 0 Å². The number of esters is 1. The summed E-state index contributed by atoms with van der Waals surface area (Å²) in [5.41, 5.74) is 0.424. The Labute approximate surface area is 157 Å². The molecule has 0 aliphatic rings. The predicted octanol–water partition coefficient (Wildman–Crippen LogP) is 3.46. The lowest BCUT2D eigenvalue weighted by molar-refractivity contribution is 0.0463. The minimum absolute atomic E-state index is 0.0812. The number of nitrogens with zero attached hydrogens (tertiary/aromatic N) is 1. The molecule has 2 aromatic rings. The van der Waals surface area contributed by atoms with E-state index < -0.39 is 16.0 Å². The van der Waals surface area contributed by atoms with Gasteiger partial charge in [-0.05, 0) is 44.0 Å². The van der Waals surface area contributed by atoms with Crippen molar-refractivity contribution in [1.29, 1.82) is 0 Å². The van der Waals surface area contributed by atoms with Crippen LogP contribution in [0.3, 0.4) is 0 Å². The normalized spacial score (nSPS) is 11.4. The van der Waals surface area contributed by atoms with Gasteiger partial charge in [-0.2, -0.15) is 0 Å². The highest BCUT2D eigenvalue weighted by atomic mass is 32.2. The van der Waals surface area contributed by atoms with Crippen molar-refractivity contribution in [3.63, 3.8) is 0 Å². The smallest absolute Gasteiger partial charge is 0.350 e. The fourth-order valence-corrected chi connectivity index (χ4v) is 4.09. The van der Waals surface area contributed by atoms with Crippen LogP contribution < -0.4 is 9.46 Å². The number of ether oxygens (including phenoxy) is 2. The predicted molar refractivity (Wildman–Crippen MR) is 100 cm³/mol. The molecule has 9 heteroatoms. The fraction of sp³-hybridized carbons (Fsp3) is 0.412. The molecule has 0 unspecified atom stereocenters. The number of benzene rings is 1. The minimum atomic E-state index is -3.81. The largest absolute Gasteiger partial charge is 0.494 e. The summed E-state index contributed by atoms with van der Waals surface area (Å²) in [7, 11) is -3.81. The summed E-state index contributed by atoms with van der Waals surface area (Å²) in [6.07, 6.45) is 0. The molecule has 0 aliphatic carbocycles. The molecule has 0 radical (unpaired) electrons. The molecule has 0 spiro atoms. The van der Waals surface area contributed by atoms with E-state index in [0.717, 1.165) is 11.3 Å². The Morgan fingerprint density at radius 1 is 1.27 bits per heavy atom. The van der Waals surface area contributed by atoms with E-state index in [9.17, 15) is 13.2 Å². The number of carbonyl (C=O) groups is 1. The van der Waals surface area contributed by atoms with Gasteiger partial charge in [0.1, 0.15) is 10.6 Å². The third-order valence-corrected chi connectivity index (χ3v) is 5.73. The monoisotopic (exact) mass is 398 g/mol. The highest BCUT2D eigenvalue weighted by Gasteiger charge is 2.21. The highest BCUT2D eigenvalue weighted by molar-refractivity contribution is 7.93. The number of rotatable bonds is 8. The summed E-state index contributed by atoms with van der Waals surface area (Å²) >= 11 is 0.951. The van der Waals surface area contributed by atoms with Crippen LogP contribution in [0.4, 0.5) is 5.13 Å². The molecule has 1 heterocycles. The molecule has 26 heavy (non-hydrogen) atoms. The molecular weight excluding hydrogens is 376 g/mol. The molecule has 2 rings (SSSR count). The summed E-state index contributed by atoms with van der Waals surface area (Å²) in [6, 6.07) is 6.07. The number of aryl methyl sites for hydroxylation is 1. The Bertz CT molecular complexity index is 858. The van der Waals surface area contributed by atoms with E-state index in [2.05, 4.69) is 9.71 Å². The molecule has 7 nitrogen and oxygen atoms in total. The van der Waals surface area contributed by atoms with Gasteiger partial charge in [0.25, 0.3) is 10.0 Å². The quantitative estimate of drug-likeness (QED) is 0.684. The maximum Gasteiger partial charge on any atom is 0.350 e. The number of hydrogen-bond acceptors (Lipinski definition) is 7. The first-order chi connectivity index (χ1) is 12.2. The zero-order valence-corrected chi connectivity index (χ0v) is 16.7. The molecular formula is C17H22N2O5S2. The van der Waals surface area contributed by atoms with Crippen LogP contribution in [0.1, 0.15) is 36.1 Å². The Morgan fingerprint density at radius 3 is 2.50 bits per heavy atom. The van der Waals surface area contributed by atoms with E-state index in [1.807, 2.05) is 20.8 Å². The van der Waals surface area contributed by atoms with Gasteiger partial charge in [-0.15, -0.1) is 0 Å². The van der Waals surface area contributed by atoms with Crippen molar-refractivity contribution in [1.82, 2.24) is 4.98 Å². The Balaban J connectivity index is 2.14. The Kier molecular flexibility index (Phi) is 6.60. The van der Waals surface area contributed by atoms with E-state index in [4.69, 9.17) is 9.47 Å². The maximum absolute atomic E-state index is 12.5. The zero-order chi connectivity index (χ0) is 19.3. The van der Waals surface area contributed by atoms with Gasteiger partial charge in [0.05, 0.1) is 23.8 Å². The van der Waals surface area contributed by atoms with Crippen LogP contribution in [-0.4, -0.2) is 32.6 Å². The van der Waals surface area contributed by atoms with Crippen molar-refractivity contribution in [3.05, 3.63) is 34.8 Å². The van der Waals surface area contributed by atoms with Crippen molar-refractivity contribution >= 4 is 32.5 Å². The maximum atomic E-state index is 12.5. The van der Waals surface area contributed by atoms with Gasteiger partial charge in [0.2, 0.25) is 0 Å². The fourth-order valence-electron chi connectivity index (χ4n) is 1.99.